The Morgan fingerprint density at radius 3 is 2.88 bits per heavy atom. The van der Waals surface area contributed by atoms with Crippen molar-refractivity contribution in [1.29, 1.82) is 0 Å². The highest BCUT2D eigenvalue weighted by Crippen LogP contribution is 2.23. The summed E-state index contributed by atoms with van der Waals surface area (Å²) in [7, 11) is 0. The van der Waals surface area contributed by atoms with Gasteiger partial charge in [0.25, 0.3) is 0 Å². The standard InChI is InChI=1S/C17H17ClN4OS/c1-12(9-22-10-14(18)7-20-22)16(23)19-8-15-11-24-17(21-15)13-5-3-2-4-6-13/h2-7,10-12H,8-9H2,1H3,(H,19,23). The van der Waals surface area contributed by atoms with E-state index in [9.17, 15) is 4.79 Å². The van der Waals surface area contributed by atoms with Gasteiger partial charge in [0.1, 0.15) is 5.01 Å². The average molecular weight is 361 g/mol. The van der Waals surface area contributed by atoms with E-state index in [-0.39, 0.29) is 11.8 Å². The molecule has 1 aromatic carbocycles. The topological polar surface area (TPSA) is 59.8 Å². The molecule has 0 aliphatic carbocycles. The van der Waals surface area contributed by atoms with Crippen LogP contribution in [-0.4, -0.2) is 20.7 Å². The first-order chi connectivity index (χ1) is 11.6. The predicted molar refractivity (Wildman–Crippen MR) is 95.8 cm³/mol. The molecule has 0 bridgehead atoms. The largest absolute Gasteiger partial charge is 0.350 e. The van der Waals surface area contributed by atoms with E-state index < -0.39 is 0 Å². The van der Waals surface area contributed by atoms with Gasteiger partial charge in [-0.2, -0.15) is 5.10 Å². The SMILES string of the molecule is CC(Cn1cc(Cl)cn1)C(=O)NCc1csc(-c2ccccc2)n1. The molecule has 1 atom stereocenters. The number of carbonyl (C=O) groups excluding carboxylic acids is 1. The summed E-state index contributed by atoms with van der Waals surface area (Å²) in [5.74, 6) is -0.232. The first kappa shape index (κ1) is 16.7. The van der Waals surface area contributed by atoms with Crippen LogP contribution in [0, 0.1) is 5.92 Å². The Morgan fingerprint density at radius 2 is 2.17 bits per heavy atom. The zero-order chi connectivity index (χ0) is 16.9. The highest BCUT2D eigenvalue weighted by molar-refractivity contribution is 7.13. The third-order valence-electron chi connectivity index (χ3n) is 3.53. The first-order valence-corrected chi connectivity index (χ1v) is 8.83. The van der Waals surface area contributed by atoms with Gasteiger partial charge in [0.15, 0.2) is 0 Å². The van der Waals surface area contributed by atoms with E-state index in [0.717, 1.165) is 16.3 Å². The van der Waals surface area contributed by atoms with Crippen LogP contribution in [0.25, 0.3) is 10.6 Å². The Hall–Kier alpha value is -2.18. The zero-order valence-corrected chi connectivity index (χ0v) is 14.7. The molecule has 124 valence electrons. The van der Waals surface area contributed by atoms with Crippen LogP contribution in [-0.2, 0) is 17.9 Å². The summed E-state index contributed by atoms with van der Waals surface area (Å²) in [5.41, 5.74) is 1.95. The third-order valence-corrected chi connectivity index (χ3v) is 4.66. The number of amides is 1. The van der Waals surface area contributed by atoms with E-state index in [1.54, 1.807) is 28.4 Å². The van der Waals surface area contributed by atoms with Gasteiger partial charge in [0, 0.05) is 17.1 Å². The molecular weight excluding hydrogens is 344 g/mol. The molecule has 0 saturated heterocycles. The van der Waals surface area contributed by atoms with Gasteiger partial charge in [-0.25, -0.2) is 4.98 Å². The van der Waals surface area contributed by atoms with Crippen molar-refractivity contribution >= 4 is 28.8 Å². The Balaban J connectivity index is 1.53. The number of benzene rings is 1. The first-order valence-electron chi connectivity index (χ1n) is 7.57. The van der Waals surface area contributed by atoms with Gasteiger partial charge in [-0.1, -0.05) is 48.9 Å². The maximum Gasteiger partial charge on any atom is 0.225 e. The van der Waals surface area contributed by atoms with Crippen molar-refractivity contribution in [2.24, 2.45) is 5.92 Å². The molecule has 0 saturated carbocycles. The van der Waals surface area contributed by atoms with E-state index in [4.69, 9.17) is 11.6 Å². The average Bonchev–Trinajstić information content (AvgIpc) is 3.22. The van der Waals surface area contributed by atoms with Crippen molar-refractivity contribution in [2.45, 2.75) is 20.0 Å². The number of carbonyl (C=O) groups is 1. The van der Waals surface area contributed by atoms with Crippen LogP contribution in [0.2, 0.25) is 5.02 Å². The van der Waals surface area contributed by atoms with Crippen molar-refractivity contribution in [3.63, 3.8) is 0 Å². The molecule has 3 rings (SSSR count). The van der Waals surface area contributed by atoms with Crippen LogP contribution in [0.3, 0.4) is 0 Å². The molecule has 2 heterocycles. The number of hydrogen-bond donors (Lipinski definition) is 1. The molecule has 1 unspecified atom stereocenters. The highest BCUT2D eigenvalue weighted by atomic mass is 35.5. The Morgan fingerprint density at radius 1 is 1.38 bits per heavy atom. The van der Waals surface area contributed by atoms with Gasteiger partial charge in [0.05, 0.1) is 35.9 Å². The predicted octanol–water partition coefficient (Wildman–Crippen LogP) is 3.61. The number of aromatic nitrogens is 3. The highest BCUT2D eigenvalue weighted by Gasteiger charge is 2.14. The van der Waals surface area contributed by atoms with Gasteiger partial charge >= 0.3 is 0 Å². The smallest absolute Gasteiger partial charge is 0.225 e. The Kier molecular flexibility index (Phi) is 5.27. The van der Waals surface area contributed by atoms with E-state index >= 15 is 0 Å². The van der Waals surface area contributed by atoms with E-state index in [0.29, 0.717) is 18.1 Å². The molecule has 24 heavy (non-hydrogen) atoms. The van der Waals surface area contributed by atoms with Crippen molar-refractivity contribution in [3.05, 3.63) is 58.8 Å². The fourth-order valence-corrected chi connectivity index (χ4v) is 3.24. The van der Waals surface area contributed by atoms with Gasteiger partial charge in [-0.05, 0) is 0 Å². The van der Waals surface area contributed by atoms with Crippen LogP contribution in [0.5, 0.6) is 0 Å². The lowest BCUT2D eigenvalue weighted by molar-refractivity contribution is -0.125. The molecule has 1 amide bonds. The minimum atomic E-state index is -0.201. The molecule has 0 spiro atoms. The molecule has 0 aliphatic heterocycles. The summed E-state index contributed by atoms with van der Waals surface area (Å²) in [6.45, 7) is 2.78. The molecule has 0 aliphatic rings. The fraction of sp³-hybridized carbons (Fsp3) is 0.235. The van der Waals surface area contributed by atoms with Gasteiger partial charge in [0.2, 0.25) is 5.91 Å². The second-order valence-electron chi connectivity index (χ2n) is 5.51. The minimum absolute atomic E-state index is 0.0316. The lowest BCUT2D eigenvalue weighted by atomic mass is 10.1. The number of nitrogens with one attached hydrogen (secondary N) is 1. The van der Waals surface area contributed by atoms with Crippen LogP contribution in [0.15, 0.2) is 48.1 Å². The number of rotatable bonds is 6. The molecule has 2 aromatic heterocycles. The number of halogens is 1. The molecule has 7 heteroatoms. The second-order valence-corrected chi connectivity index (χ2v) is 6.80. The summed E-state index contributed by atoms with van der Waals surface area (Å²) in [6, 6.07) is 10.0. The number of nitrogens with zero attached hydrogens (tertiary/aromatic N) is 3. The second kappa shape index (κ2) is 7.59. The maximum absolute atomic E-state index is 12.2. The summed E-state index contributed by atoms with van der Waals surface area (Å²) in [6.07, 6.45) is 3.27. The zero-order valence-electron chi connectivity index (χ0n) is 13.1. The normalized spacial score (nSPS) is 12.1. The van der Waals surface area contributed by atoms with Crippen molar-refractivity contribution < 1.29 is 4.79 Å². The Labute approximate surface area is 149 Å². The lowest BCUT2D eigenvalue weighted by Crippen LogP contribution is -2.31. The fourth-order valence-electron chi connectivity index (χ4n) is 2.26. The van der Waals surface area contributed by atoms with E-state index in [1.807, 2.05) is 42.6 Å². The molecular formula is C17H17ClN4OS. The van der Waals surface area contributed by atoms with Gasteiger partial charge in [-0.15, -0.1) is 11.3 Å². The quantitative estimate of drug-likeness (QED) is 0.730. The van der Waals surface area contributed by atoms with Crippen LogP contribution < -0.4 is 5.32 Å². The summed E-state index contributed by atoms with van der Waals surface area (Å²) >= 11 is 7.40. The van der Waals surface area contributed by atoms with Crippen LogP contribution in [0.4, 0.5) is 0 Å². The molecule has 0 radical (unpaired) electrons. The number of hydrogen-bond acceptors (Lipinski definition) is 4. The van der Waals surface area contributed by atoms with Crippen molar-refractivity contribution in [3.8, 4) is 10.6 Å². The summed E-state index contributed by atoms with van der Waals surface area (Å²) in [4.78, 5) is 16.8. The van der Waals surface area contributed by atoms with Crippen LogP contribution in [0.1, 0.15) is 12.6 Å². The lowest BCUT2D eigenvalue weighted by Gasteiger charge is -2.11. The molecule has 1 N–H and O–H groups in total. The minimum Gasteiger partial charge on any atom is -0.350 e. The Bertz CT molecular complexity index is 815. The molecule has 0 fully saturated rings. The maximum atomic E-state index is 12.2. The van der Waals surface area contributed by atoms with Crippen molar-refractivity contribution in [2.75, 3.05) is 0 Å². The van der Waals surface area contributed by atoms with Crippen LogP contribution >= 0.6 is 22.9 Å². The molecule has 3 aromatic rings. The number of thiazole rings is 1. The van der Waals surface area contributed by atoms with E-state index in [2.05, 4.69) is 15.4 Å². The monoisotopic (exact) mass is 360 g/mol. The summed E-state index contributed by atoms with van der Waals surface area (Å²) in [5, 5.41) is 10.5. The van der Waals surface area contributed by atoms with E-state index in [1.165, 1.54) is 0 Å². The van der Waals surface area contributed by atoms with Crippen molar-refractivity contribution in [1.82, 2.24) is 20.1 Å². The van der Waals surface area contributed by atoms with Gasteiger partial charge in [-0.3, -0.25) is 9.48 Å². The summed E-state index contributed by atoms with van der Waals surface area (Å²) < 4.78 is 1.67. The van der Waals surface area contributed by atoms with Gasteiger partial charge < -0.3 is 5.32 Å². The molecule has 5 nitrogen and oxygen atoms in total. The third kappa shape index (κ3) is 4.21.